The highest BCUT2D eigenvalue weighted by atomic mass is 16.3. The number of fused-ring (bicyclic) bond motifs is 2. The van der Waals surface area contributed by atoms with Gasteiger partial charge >= 0.3 is 0 Å². The lowest BCUT2D eigenvalue weighted by Gasteiger charge is -2.31. The largest absolute Gasteiger partial charge is 0.387 e. The van der Waals surface area contributed by atoms with Crippen LogP contribution in [0.2, 0.25) is 0 Å². The molecular weight excluding hydrogens is 260 g/mol. The zero-order valence-corrected chi connectivity index (χ0v) is 11.6. The lowest BCUT2D eigenvalue weighted by Crippen LogP contribution is -2.19. The fourth-order valence-electron chi connectivity index (χ4n) is 3.10. The molecule has 1 aliphatic carbocycles. The van der Waals surface area contributed by atoms with E-state index in [9.17, 15) is 5.11 Å². The molecule has 0 amide bonds. The number of rotatable bonds is 3. The minimum Gasteiger partial charge on any atom is -0.387 e. The number of para-hydroxylation sites is 2. The van der Waals surface area contributed by atoms with Gasteiger partial charge in [-0.15, -0.1) is 0 Å². The maximum Gasteiger partial charge on any atom is 0.0981 e. The van der Waals surface area contributed by atoms with E-state index in [0.717, 1.165) is 17.5 Å². The Morgan fingerprint density at radius 1 is 1.05 bits per heavy atom. The quantitative estimate of drug-likeness (QED) is 0.797. The van der Waals surface area contributed by atoms with E-state index in [1.54, 1.807) is 6.20 Å². The van der Waals surface area contributed by atoms with Crippen LogP contribution in [-0.2, 0) is 6.42 Å². The first-order chi connectivity index (χ1) is 10.3. The molecule has 0 radical (unpaired) electrons. The first-order valence-corrected chi connectivity index (χ1v) is 7.29. The molecule has 0 saturated heterocycles. The van der Waals surface area contributed by atoms with E-state index in [1.807, 2.05) is 24.3 Å². The first-order valence-electron chi connectivity index (χ1n) is 7.29. The molecule has 3 nitrogen and oxygen atoms in total. The van der Waals surface area contributed by atoms with Gasteiger partial charge in [-0.25, -0.2) is 4.98 Å². The third kappa shape index (κ3) is 2.20. The Balaban J connectivity index is 1.56. The topological polar surface area (TPSA) is 46.0 Å². The molecule has 0 aliphatic heterocycles. The molecule has 2 unspecified atom stereocenters. The van der Waals surface area contributed by atoms with Crippen LogP contribution >= 0.6 is 0 Å². The third-order valence-electron chi connectivity index (χ3n) is 4.28. The summed E-state index contributed by atoms with van der Waals surface area (Å²) in [4.78, 5) is 8.91. The summed E-state index contributed by atoms with van der Waals surface area (Å²) in [6.07, 6.45) is 2.90. The van der Waals surface area contributed by atoms with Gasteiger partial charge in [0.25, 0.3) is 0 Å². The number of aromatic nitrogens is 2. The molecule has 2 atom stereocenters. The SMILES string of the molecule is OC(CC1Cc2ccccc21)c1cnc2ccccc2n1. The molecule has 21 heavy (non-hydrogen) atoms. The monoisotopic (exact) mass is 276 g/mol. The Morgan fingerprint density at radius 3 is 2.67 bits per heavy atom. The van der Waals surface area contributed by atoms with Gasteiger partial charge in [-0.2, -0.15) is 0 Å². The number of aliphatic hydroxyl groups is 1. The second-order valence-electron chi connectivity index (χ2n) is 5.63. The highest BCUT2D eigenvalue weighted by Gasteiger charge is 2.28. The van der Waals surface area contributed by atoms with Crippen molar-refractivity contribution in [1.29, 1.82) is 0 Å². The van der Waals surface area contributed by atoms with E-state index < -0.39 is 6.10 Å². The summed E-state index contributed by atoms with van der Waals surface area (Å²) in [7, 11) is 0. The van der Waals surface area contributed by atoms with Crippen LogP contribution < -0.4 is 0 Å². The minimum absolute atomic E-state index is 0.435. The van der Waals surface area contributed by atoms with Crippen molar-refractivity contribution in [2.24, 2.45) is 0 Å². The molecule has 0 spiro atoms. The van der Waals surface area contributed by atoms with Gasteiger partial charge in [-0.05, 0) is 42.0 Å². The lowest BCUT2D eigenvalue weighted by molar-refractivity contribution is 0.149. The molecule has 0 bridgehead atoms. The summed E-state index contributed by atoms with van der Waals surface area (Å²) in [5.41, 5.74) is 5.13. The molecule has 1 heterocycles. The fraction of sp³-hybridized carbons (Fsp3) is 0.222. The van der Waals surface area contributed by atoms with E-state index in [2.05, 4.69) is 34.2 Å². The molecule has 3 heteroatoms. The van der Waals surface area contributed by atoms with Crippen LogP contribution in [-0.4, -0.2) is 15.1 Å². The van der Waals surface area contributed by atoms with Crippen LogP contribution in [0.1, 0.15) is 35.3 Å². The van der Waals surface area contributed by atoms with Crippen LogP contribution in [0.3, 0.4) is 0 Å². The number of nitrogens with zero attached hydrogens (tertiary/aromatic N) is 2. The Morgan fingerprint density at radius 2 is 1.81 bits per heavy atom. The molecule has 1 aliphatic rings. The van der Waals surface area contributed by atoms with Crippen LogP contribution in [0.15, 0.2) is 54.7 Å². The van der Waals surface area contributed by atoms with Crippen molar-refractivity contribution >= 4 is 11.0 Å². The van der Waals surface area contributed by atoms with Crippen molar-refractivity contribution in [2.75, 3.05) is 0 Å². The van der Waals surface area contributed by atoms with Gasteiger partial charge in [-0.3, -0.25) is 4.98 Å². The molecule has 1 N–H and O–H groups in total. The highest BCUT2D eigenvalue weighted by Crippen LogP contribution is 2.40. The van der Waals surface area contributed by atoms with Crippen LogP contribution in [0, 0.1) is 0 Å². The number of aliphatic hydroxyl groups excluding tert-OH is 1. The minimum atomic E-state index is -0.555. The normalized spacial score (nSPS) is 18.0. The molecule has 1 aromatic heterocycles. The van der Waals surface area contributed by atoms with Gasteiger partial charge < -0.3 is 5.11 Å². The van der Waals surface area contributed by atoms with Gasteiger partial charge in [0.2, 0.25) is 0 Å². The Kier molecular flexibility index (Phi) is 2.93. The van der Waals surface area contributed by atoms with E-state index >= 15 is 0 Å². The van der Waals surface area contributed by atoms with Crippen molar-refractivity contribution in [3.8, 4) is 0 Å². The molecular formula is C18H16N2O. The van der Waals surface area contributed by atoms with Crippen molar-refractivity contribution in [2.45, 2.75) is 24.9 Å². The van der Waals surface area contributed by atoms with E-state index in [0.29, 0.717) is 18.0 Å². The van der Waals surface area contributed by atoms with Gasteiger partial charge in [0, 0.05) is 0 Å². The molecule has 0 saturated carbocycles. The zero-order chi connectivity index (χ0) is 14.2. The van der Waals surface area contributed by atoms with Crippen molar-refractivity contribution in [1.82, 2.24) is 9.97 Å². The summed E-state index contributed by atoms with van der Waals surface area (Å²) < 4.78 is 0. The average Bonchev–Trinajstić information content (AvgIpc) is 2.52. The second kappa shape index (κ2) is 4.93. The molecule has 0 fully saturated rings. The number of benzene rings is 2. The molecule has 2 aromatic carbocycles. The predicted molar refractivity (Wildman–Crippen MR) is 82.0 cm³/mol. The Bertz CT molecular complexity index is 800. The lowest BCUT2D eigenvalue weighted by atomic mass is 9.74. The van der Waals surface area contributed by atoms with Gasteiger partial charge in [0.05, 0.1) is 29.0 Å². The number of hydrogen-bond acceptors (Lipinski definition) is 3. The summed E-state index contributed by atoms with van der Waals surface area (Å²) in [5, 5.41) is 10.4. The third-order valence-corrected chi connectivity index (χ3v) is 4.28. The van der Waals surface area contributed by atoms with E-state index in [4.69, 9.17) is 0 Å². The second-order valence-corrected chi connectivity index (χ2v) is 5.63. The fourth-order valence-corrected chi connectivity index (χ4v) is 3.10. The maximum absolute atomic E-state index is 10.4. The first kappa shape index (κ1) is 12.5. The average molecular weight is 276 g/mol. The summed E-state index contributed by atoms with van der Waals surface area (Å²) in [6.45, 7) is 0. The van der Waals surface area contributed by atoms with Crippen molar-refractivity contribution < 1.29 is 5.11 Å². The molecule has 3 aromatic rings. The smallest absolute Gasteiger partial charge is 0.0981 e. The maximum atomic E-state index is 10.4. The predicted octanol–water partition coefficient (Wildman–Crippen LogP) is 3.39. The molecule has 104 valence electrons. The zero-order valence-electron chi connectivity index (χ0n) is 11.6. The summed E-state index contributed by atoms with van der Waals surface area (Å²) in [5.74, 6) is 0.435. The van der Waals surface area contributed by atoms with Gasteiger partial charge in [-0.1, -0.05) is 36.4 Å². The molecule has 4 rings (SSSR count). The number of hydrogen-bond donors (Lipinski definition) is 1. The van der Waals surface area contributed by atoms with Gasteiger partial charge in [0.1, 0.15) is 0 Å². The van der Waals surface area contributed by atoms with Crippen LogP contribution in [0.4, 0.5) is 0 Å². The summed E-state index contributed by atoms with van der Waals surface area (Å²) >= 11 is 0. The van der Waals surface area contributed by atoms with Crippen molar-refractivity contribution in [3.63, 3.8) is 0 Å². The van der Waals surface area contributed by atoms with Crippen LogP contribution in [0.25, 0.3) is 11.0 Å². The van der Waals surface area contributed by atoms with E-state index in [-0.39, 0.29) is 0 Å². The van der Waals surface area contributed by atoms with Crippen molar-refractivity contribution in [3.05, 3.63) is 71.5 Å². The highest BCUT2D eigenvalue weighted by molar-refractivity contribution is 5.73. The summed E-state index contributed by atoms with van der Waals surface area (Å²) in [6, 6.07) is 16.2. The Labute approximate surface area is 123 Å². The van der Waals surface area contributed by atoms with Gasteiger partial charge in [0.15, 0.2) is 0 Å². The van der Waals surface area contributed by atoms with Crippen LogP contribution in [0.5, 0.6) is 0 Å². The standard InChI is InChI=1S/C18H16N2O/c21-18(10-13-9-12-5-1-2-6-14(12)13)17-11-19-15-7-3-4-8-16(15)20-17/h1-8,11,13,18,21H,9-10H2. The van der Waals surface area contributed by atoms with E-state index in [1.165, 1.54) is 11.1 Å². The Hall–Kier alpha value is -2.26.